The summed E-state index contributed by atoms with van der Waals surface area (Å²) in [7, 11) is 0. The molecule has 0 aliphatic carbocycles. The highest BCUT2D eigenvalue weighted by molar-refractivity contribution is 4.77. The summed E-state index contributed by atoms with van der Waals surface area (Å²) in [5.41, 5.74) is 0. The molecule has 0 aromatic carbocycles. The minimum atomic E-state index is 0.752. The van der Waals surface area contributed by atoms with Gasteiger partial charge in [-0.25, -0.2) is 0 Å². The Bertz CT molecular complexity index is 217. The number of nitrogens with one attached hydrogen (secondary N) is 1. The quantitative estimate of drug-likeness (QED) is 0.756. The van der Waals surface area contributed by atoms with E-state index in [1.807, 2.05) is 0 Å². The first-order valence-corrected chi connectivity index (χ1v) is 8.50. The predicted molar refractivity (Wildman–Crippen MR) is 85.5 cm³/mol. The van der Waals surface area contributed by atoms with Gasteiger partial charge in [-0.1, -0.05) is 34.6 Å². The molecule has 1 heterocycles. The zero-order valence-electron chi connectivity index (χ0n) is 13.9. The van der Waals surface area contributed by atoms with Crippen molar-refractivity contribution in [1.82, 2.24) is 10.2 Å². The van der Waals surface area contributed by atoms with Crippen LogP contribution in [0.15, 0.2) is 0 Å². The van der Waals surface area contributed by atoms with Gasteiger partial charge >= 0.3 is 0 Å². The van der Waals surface area contributed by atoms with Crippen LogP contribution in [0, 0.1) is 17.8 Å². The second-order valence-corrected chi connectivity index (χ2v) is 7.03. The SMILES string of the molecule is CCCN1CCCC(NCC(C(C)C)C(C)C)CC1. The monoisotopic (exact) mass is 268 g/mol. The van der Waals surface area contributed by atoms with Crippen LogP contribution in [-0.4, -0.2) is 37.1 Å². The summed E-state index contributed by atoms with van der Waals surface area (Å²) in [6, 6.07) is 0.752. The molecule has 1 fully saturated rings. The molecule has 1 atom stereocenters. The number of likely N-dealkylation sites (tertiary alicyclic amines) is 1. The molecule has 2 nitrogen and oxygen atoms in total. The average molecular weight is 268 g/mol. The number of nitrogens with zero attached hydrogens (tertiary/aromatic N) is 1. The number of hydrogen-bond donors (Lipinski definition) is 1. The third-order valence-corrected chi connectivity index (χ3v) is 4.72. The highest BCUT2D eigenvalue weighted by atomic mass is 15.1. The fraction of sp³-hybridized carbons (Fsp3) is 1.00. The molecule has 1 aliphatic rings. The van der Waals surface area contributed by atoms with Crippen LogP contribution in [-0.2, 0) is 0 Å². The Balaban J connectivity index is 2.32. The first-order chi connectivity index (χ1) is 9.04. The van der Waals surface area contributed by atoms with Gasteiger partial charge in [-0.3, -0.25) is 0 Å². The van der Waals surface area contributed by atoms with Crippen molar-refractivity contribution in [3.63, 3.8) is 0 Å². The van der Waals surface area contributed by atoms with E-state index >= 15 is 0 Å². The molecule has 0 aromatic heterocycles. The third-order valence-electron chi connectivity index (χ3n) is 4.72. The lowest BCUT2D eigenvalue weighted by atomic mass is 9.85. The van der Waals surface area contributed by atoms with Crippen molar-refractivity contribution < 1.29 is 0 Å². The largest absolute Gasteiger partial charge is 0.314 e. The van der Waals surface area contributed by atoms with E-state index in [1.165, 1.54) is 51.9 Å². The van der Waals surface area contributed by atoms with Crippen molar-refractivity contribution >= 4 is 0 Å². The molecule has 1 saturated heterocycles. The maximum Gasteiger partial charge on any atom is 0.00798 e. The molecule has 2 heteroatoms. The standard InChI is InChI=1S/C17H36N2/c1-6-10-19-11-7-8-16(9-12-19)18-13-17(14(2)3)15(4)5/h14-18H,6-13H2,1-5H3. The Morgan fingerprint density at radius 2 is 1.74 bits per heavy atom. The molecule has 0 bridgehead atoms. The first-order valence-electron chi connectivity index (χ1n) is 8.50. The van der Waals surface area contributed by atoms with E-state index in [9.17, 15) is 0 Å². The molecular weight excluding hydrogens is 232 g/mol. The average Bonchev–Trinajstić information content (AvgIpc) is 2.55. The Hall–Kier alpha value is -0.0800. The van der Waals surface area contributed by atoms with E-state index in [4.69, 9.17) is 0 Å². The van der Waals surface area contributed by atoms with Crippen molar-refractivity contribution in [2.24, 2.45) is 17.8 Å². The van der Waals surface area contributed by atoms with Crippen LogP contribution in [0.25, 0.3) is 0 Å². The summed E-state index contributed by atoms with van der Waals surface area (Å²) < 4.78 is 0. The molecule has 0 saturated carbocycles. The van der Waals surface area contributed by atoms with E-state index in [-0.39, 0.29) is 0 Å². The van der Waals surface area contributed by atoms with Crippen LogP contribution >= 0.6 is 0 Å². The lowest BCUT2D eigenvalue weighted by molar-refractivity contribution is 0.256. The van der Waals surface area contributed by atoms with Gasteiger partial charge < -0.3 is 10.2 Å². The summed E-state index contributed by atoms with van der Waals surface area (Å²) in [6.45, 7) is 16.8. The molecule has 114 valence electrons. The zero-order chi connectivity index (χ0) is 14.3. The van der Waals surface area contributed by atoms with Crippen LogP contribution < -0.4 is 5.32 Å². The predicted octanol–water partition coefficient (Wildman–Crippen LogP) is 3.77. The van der Waals surface area contributed by atoms with E-state index < -0.39 is 0 Å². The normalized spacial score (nSPS) is 22.4. The maximum absolute atomic E-state index is 3.86. The highest BCUT2D eigenvalue weighted by Gasteiger charge is 2.20. The van der Waals surface area contributed by atoms with Crippen molar-refractivity contribution in [3.05, 3.63) is 0 Å². The van der Waals surface area contributed by atoms with E-state index in [2.05, 4.69) is 44.8 Å². The number of hydrogen-bond acceptors (Lipinski definition) is 2. The van der Waals surface area contributed by atoms with Gasteiger partial charge in [-0.2, -0.15) is 0 Å². The third kappa shape index (κ3) is 6.27. The van der Waals surface area contributed by atoms with E-state index in [0.717, 1.165) is 23.8 Å². The van der Waals surface area contributed by atoms with E-state index in [0.29, 0.717) is 0 Å². The van der Waals surface area contributed by atoms with Crippen molar-refractivity contribution in [2.45, 2.75) is 66.3 Å². The van der Waals surface area contributed by atoms with Gasteiger partial charge in [0.25, 0.3) is 0 Å². The topological polar surface area (TPSA) is 15.3 Å². The molecule has 0 radical (unpaired) electrons. The molecule has 1 aliphatic heterocycles. The molecule has 0 amide bonds. The van der Waals surface area contributed by atoms with Gasteiger partial charge in [0, 0.05) is 6.04 Å². The second-order valence-electron chi connectivity index (χ2n) is 7.03. The minimum absolute atomic E-state index is 0.752. The van der Waals surface area contributed by atoms with Gasteiger partial charge in [0.2, 0.25) is 0 Å². The zero-order valence-corrected chi connectivity index (χ0v) is 13.9. The van der Waals surface area contributed by atoms with Crippen LogP contribution in [0.5, 0.6) is 0 Å². The van der Waals surface area contributed by atoms with E-state index in [1.54, 1.807) is 0 Å². The molecule has 19 heavy (non-hydrogen) atoms. The summed E-state index contributed by atoms with van der Waals surface area (Å²) in [6.07, 6.45) is 5.36. The van der Waals surface area contributed by atoms with Crippen molar-refractivity contribution in [2.75, 3.05) is 26.2 Å². The maximum atomic E-state index is 3.86. The van der Waals surface area contributed by atoms with Crippen LogP contribution in [0.4, 0.5) is 0 Å². The smallest absolute Gasteiger partial charge is 0.00798 e. The molecule has 0 aromatic rings. The minimum Gasteiger partial charge on any atom is -0.314 e. The fourth-order valence-electron chi connectivity index (χ4n) is 3.44. The Morgan fingerprint density at radius 1 is 1.05 bits per heavy atom. The summed E-state index contributed by atoms with van der Waals surface area (Å²) in [5, 5.41) is 3.86. The summed E-state index contributed by atoms with van der Waals surface area (Å²) in [4.78, 5) is 2.64. The van der Waals surface area contributed by atoms with Crippen LogP contribution in [0.2, 0.25) is 0 Å². The molecular formula is C17H36N2. The van der Waals surface area contributed by atoms with Crippen molar-refractivity contribution in [3.8, 4) is 0 Å². The highest BCUT2D eigenvalue weighted by Crippen LogP contribution is 2.20. The second kappa shape index (κ2) is 8.97. The van der Waals surface area contributed by atoms with Crippen LogP contribution in [0.1, 0.15) is 60.3 Å². The molecule has 1 N–H and O–H groups in total. The van der Waals surface area contributed by atoms with Crippen LogP contribution in [0.3, 0.4) is 0 Å². The summed E-state index contributed by atoms with van der Waals surface area (Å²) >= 11 is 0. The molecule has 1 rings (SSSR count). The van der Waals surface area contributed by atoms with Gasteiger partial charge in [-0.05, 0) is 69.6 Å². The lowest BCUT2D eigenvalue weighted by Crippen LogP contribution is -2.37. The Labute approximate surface area is 121 Å². The fourth-order valence-corrected chi connectivity index (χ4v) is 3.44. The lowest BCUT2D eigenvalue weighted by Gasteiger charge is -2.28. The van der Waals surface area contributed by atoms with Gasteiger partial charge in [-0.15, -0.1) is 0 Å². The first kappa shape index (κ1) is 17.0. The Morgan fingerprint density at radius 3 is 2.32 bits per heavy atom. The number of rotatable bonds is 7. The summed E-state index contributed by atoms with van der Waals surface area (Å²) in [5.74, 6) is 2.39. The Kier molecular flexibility index (Phi) is 8.01. The molecule has 0 spiro atoms. The van der Waals surface area contributed by atoms with Crippen molar-refractivity contribution in [1.29, 1.82) is 0 Å². The van der Waals surface area contributed by atoms with Gasteiger partial charge in [0.15, 0.2) is 0 Å². The van der Waals surface area contributed by atoms with Gasteiger partial charge in [0.05, 0.1) is 0 Å². The van der Waals surface area contributed by atoms with Gasteiger partial charge in [0.1, 0.15) is 0 Å². The molecule has 1 unspecified atom stereocenters.